The summed E-state index contributed by atoms with van der Waals surface area (Å²) in [5, 5.41) is 1.06. The van der Waals surface area contributed by atoms with Gasteiger partial charge in [-0.05, 0) is 124 Å². The minimum absolute atomic E-state index is 0.154. The van der Waals surface area contributed by atoms with E-state index in [0.29, 0.717) is 21.8 Å². The molecule has 0 radical (unpaired) electrons. The quantitative estimate of drug-likeness (QED) is 0.178. The predicted molar refractivity (Wildman–Crippen MR) is 259 cm³/mol. The lowest BCUT2D eigenvalue weighted by atomic mass is 9.81. The second kappa shape index (κ2) is 12.0. The van der Waals surface area contributed by atoms with Gasteiger partial charge in [-0.2, -0.15) is 4.52 Å². The van der Waals surface area contributed by atoms with Gasteiger partial charge in [0.05, 0.1) is 21.8 Å². The molecule has 0 saturated carbocycles. The van der Waals surface area contributed by atoms with Crippen LogP contribution in [-0.4, -0.2) is 9.03 Å². The Bertz CT molecular complexity index is 3820. The molecule has 0 amide bonds. The zero-order chi connectivity index (χ0) is 42.9. The Morgan fingerprint density at radius 2 is 0.746 bits per heavy atom. The minimum Gasteiger partial charge on any atom is -0.267 e. The van der Waals surface area contributed by atoms with Gasteiger partial charge in [0.25, 0.3) is 11.1 Å². The Hall–Kier alpha value is -7.30. The van der Waals surface area contributed by atoms with Crippen LogP contribution in [0.4, 0.5) is 0 Å². The molecule has 4 heteroatoms. The van der Waals surface area contributed by atoms with Crippen molar-refractivity contribution >= 4 is 21.8 Å². The summed E-state index contributed by atoms with van der Waals surface area (Å²) in [5.41, 5.74) is 21.2. The van der Waals surface area contributed by atoms with E-state index in [1.54, 1.807) is 0 Å². The fourth-order valence-corrected chi connectivity index (χ4v) is 12.3. The van der Waals surface area contributed by atoms with Crippen LogP contribution in [0.5, 0.6) is 0 Å². The van der Waals surface area contributed by atoms with Gasteiger partial charge < -0.3 is 0 Å². The van der Waals surface area contributed by atoms with E-state index in [0.717, 1.165) is 38.9 Å². The van der Waals surface area contributed by atoms with Crippen molar-refractivity contribution in [1.82, 2.24) is 9.03 Å². The van der Waals surface area contributed by atoms with Gasteiger partial charge >= 0.3 is 0 Å². The molecule has 13 rings (SSSR count). The maximum absolute atomic E-state index is 15.3. The van der Waals surface area contributed by atoms with Gasteiger partial charge in [0.2, 0.25) is 0 Å². The van der Waals surface area contributed by atoms with Crippen molar-refractivity contribution in [2.24, 2.45) is 0 Å². The van der Waals surface area contributed by atoms with E-state index in [9.17, 15) is 4.79 Å². The highest BCUT2D eigenvalue weighted by atomic mass is 16.2. The van der Waals surface area contributed by atoms with Crippen molar-refractivity contribution in [2.75, 3.05) is 0 Å². The third-order valence-electron chi connectivity index (χ3n) is 15.3. The smallest absolute Gasteiger partial charge is 0.267 e. The molecular formula is C59H44N2O2. The van der Waals surface area contributed by atoms with Crippen molar-refractivity contribution in [1.29, 1.82) is 0 Å². The monoisotopic (exact) mass is 812 g/mol. The van der Waals surface area contributed by atoms with Crippen LogP contribution in [-0.2, 0) is 16.2 Å². The average Bonchev–Trinajstić information content (AvgIpc) is 3.99. The molecule has 0 bridgehead atoms. The number of hydrogen-bond acceptors (Lipinski definition) is 2. The number of fused-ring (bicyclic) bond motifs is 14. The van der Waals surface area contributed by atoms with Crippen molar-refractivity contribution < 1.29 is 0 Å². The van der Waals surface area contributed by atoms with Crippen LogP contribution >= 0.6 is 0 Å². The highest BCUT2D eigenvalue weighted by Gasteiger charge is 2.40. The standard InChI is InChI=1S/C59H44N2O2/c1-57(2)43-22-10-7-16-38(43)51-35(19-13-25-46(51)57)33-28-29-41-49(31-33)60-50-32-34(36-20-14-26-47-52(36)39-17-8-11-23-44(39)58(47,3)4)30-42(54(50)56(63)61(60)55(41)62)37-21-15-27-48-53(37)40-18-9-12-24-45(40)59(48,5)6/h7-32H,1-6H3. The number of hydrogen-bond donors (Lipinski definition) is 0. The van der Waals surface area contributed by atoms with Crippen LogP contribution in [0, 0.1) is 0 Å². The summed E-state index contributed by atoms with van der Waals surface area (Å²) < 4.78 is 3.30. The second-order valence-corrected chi connectivity index (χ2v) is 19.6. The molecule has 2 aromatic heterocycles. The maximum atomic E-state index is 15.3. The van der Waals surface area contributed by atoms with E-state index < -0.39 is 0 Å². The third-order valence-corrected chi connectivity index (χ3v) is 15.3. The van der Waals surface area contributed by atoms with E-state index in [2.05, 4.69) is 193 Å². The van der Waals surface area contributed by atoms with Crippen LogP contribution in [0.25, 0.3) is 88.6 Å². The van der Waals surface area contributed by atoms with E-state index in [4.69, 9.17) is 0 Å². The SMILES string of the molecule is CC1(C)c2ccccc2-c2c(-c3ccc4c(=O)n5c(=O)c6c(-c7cccc8c7-c7ccccc7C8(C)C)cc(-c7cccc8c7-c7ccccc7C8(C)C)cc6n5c4c3)cccc21. The van der Waals surface area contributed by atoms with Gasteiger partial charge in [-0.3, -0.25) is 9.59 Å². The van der Waals surface area contributed by atoms with Crippen molar-refractivity contribution in [3.8, 4) is 66.8 Å². The van der Waals surface area contributed by atoms with Crippen molar-refractivity contribution in [2.45, 2.75) is 57.8 Å². The van der Waals surface area contributed by atoms with Crippen LogP contribution in [0.3, 0.4) is 0 Å². The van der Waals surface area contributed by atoms with Crippen molar-refractivity contribution in [3.05, 3.63) is 212 Å². The number of nitrogens with zero attached hydrogens (tertiary/aromatic N) is 2. The second-order valence-electron chi connectivity index (χ2n) is 19.6. The molecule has 0 unspecified atom stereocenters. The highest BCUT2D eigenvalue weighted by Crippen LogP contribution is 2.56. The minimum atomic E-state index is -0.309. The van der Waals surface area contributed by atoms with Gasteiger partial charge in [0.1, 0.15) is 0 Å². The molecule has 0 atom stereocenters. The largest absolute Gasteiger partial charge is 0.283 e. The van der Waals surface area contributed by atoms with E-state index in [1.165, 1.54) is 65.7 Å². The Balaban J connectivity index is 1.15. The Kier molecular flexibility index (Phi) is 6.92. The molecule has 8 aromatic carbocycles. The van der Waals surface area contributed by atoms with Gasteiger partial charge in [0, 0.05) is 16.2 Å². The van der Waals surface area contributed by atoms with Gasteiger partial charge in [0.15, 0.2) is 0 Å². The van der Waals surface area contributed by atoms with Gasteiger partial charge in [-0.1, -0.05) is 175 Å². The summed E-state index contributed by atoms with van der Waals surface area (Å²) in [7, 11) is 0. The predicted octanol–water partition coefficient (Wildman–Crippen LogP) is 13.4. The van der Waals surface area contributed by atoms with Crippen LogP contribution in [0.2, 0.25) is 0 Å². The Morgan fingerprint density at radius 1 is 0.333 bits per heavy atom. The Morgan fingerprint density at radius 3 is 1.27 bits per heavy atom. The normalized spacial score (nSPS) is 15.7. The van der Waals surface area contributed by atoms with E-state index >= 15 is 4.79 Å². The van der Waals surface area contributed by atoms with Crippen LogP contribution in [0.1, 0.15) is 74.9 Å². The van der Waals surface area contributed by atoms with Crippen molar-refractivity contribution in [3.63, 3.8) is 0 Å². The first-order valence-electron chi connectivity index (χ1n) is 22.1. The van der Waals surface area contributed by atoms with Gasteiger partial charge in [-0.15, -0.1) is 0 Å². The lowest BCUT2D eigenvalue weighted by Crippen LogP contribution is -2.21. The fraction of sp³-hybridized carbons (Fsp3) is 0.153. The molecule has 0 N–H and O–H groups in total. The zero-order valence-electron chi connectivity index (χ0n) is 36.2. The molecule has 302 valence electrons. The maximum Gasteiger partial charge on any atom is 0.283 e. The van der Waals surface area contributed by atoms with Gasteiger partial charge in [-0.25, -0.2) is 4.52 Å². The Labute approximate surface area is 365 Å². The molecular weight excluding hydrogens is 769 g/mol. The summed E-state index contributed by atoms with van der Waals surface area (Å²) in [5.74, 6) is 0. The molecule has 0 saturated heterocycles. The first kappa shape index (κ1) is 36.4. The third kappa shape index (κ3) is 4.45. The average molecular weight is 813 g/mol. The zero-order valence-corrected chi connectivity index (χ0v) is 36.2. The molecule has 2 heterocycles. The van der Waals surface area contributed by atoms with Crippen LogP contribution in [0.15, 0.2) is 167 Å². The summed E-state index contributed by atoms with van der Waals surface area (Å²) in [4.78, 5) is 30.0. The topological polar surface area (TPSA) is 43.0 Å². The summed E-state index contributed by atoms with van der Waals surface area (Å²) >= 11 is 0. The summed E-state index contributed by atoms with van der Waals surface area (Å²) in [6, 6.07) is 56.4. The number of rotatable bonds is 3. The van der Waals surface area contributed by atoms with E-state index in [1.807, 2.05) is 10.6 Å². The molecule has 3 aliphatic rings. The number of aromatic nitrogens is 2. The summed E-state index contributed by atoms with van der Waals surface area (Å²) in [6.45, 7) is 13.8. The molecule has 3 aliphatic carbocycles. The first-order chi connectivity index (χ1) is 30.4. The number of benzene rings is 8. The first-order valence-corrected chi connectivity index (χ1v) is 22.1. The van der Waals surface area contributed by atoms with Crippen LogP contribution < -0.4 is 11.1 Å². The molecule has 0 spiro atoms. The highest BCUT2D eigenvalue weighted by molar-refractivity contribution is 6.07. The lowest BCUT2D eigenvalue weighted by Gasteiger charge is -2.22. The molecule has 4 nitrogen and oxygen atoms in total. The lowest BCUT2D eigenvalue weighted by molar-refractivity contribution is 0.660. The molecule has 63 heavy (non-hydrogen) atoms. The molecule has 10 aromatic rings. The molecule has 0 fully saturated rings. The molecule has 0 aliphatic heterocycles. The van der Waals surface area contributed by atoms with E-state index in [-0.39, 0.29) is 27.4 Å². The fourth-order valence-electron chi connectivity index (χ4n) is 12.3. The summed E-state index contributed by atoms with van der Waals surface area (Å²) in [6.07, 6.45) is 0.